The molecule has 1 rings (SSSR count). The van der Waals surface area contributed by atoms with Crippen molar-refractivity contribution in [3.63, 3.8) is 0 Å². The molecule has 0 amide bonds. The summed E-state index contributed by atoms with van der Waals surface area (Å²) in [7, 11) is 0. The van der Waals surface area contributed by atoms with Gasteiger partial charge in [0.05, 0.1) is 0 Å². The van der Waals surface area contributed by atoms with E-state index in [2.05, 4.69) is 9.93 Å². The summed E-state index contributed by atoms with van der Waals surface area (Å²) >= 11 is 1.47. The van der Waals surface area contributed by atoms with E-state index in [4.69, 9.17) is 0 Å². The van der Waals surface area contributed by atoms with Crippen molar-refractivity contribution >= 4 is 69.5 Å². The van der Waals surface area contributed by atoms with Crippen molar-refractivity contribution in [3.05, 3.63) is 11.5 Å². The van der Waals surface area contributed by atoms with Crippen LogP contribution in [0.3, 0.4) is 0 Å². The van der Waals surface area contributed by atoms with Gasteiger partial charge in [-0.05, 0) is 23.4 Å². The number of rotatable bonds is 0. The van der Waals surface area contributed by atoms with Gasteiger partial charge in [0.25, 0.3) is 0 Å². The van der Waals surface area contributed by atoms with Crippen LogP contribution < -0.4 is 4.83 Å². The summed E-state index contributed by atoms with van der Waals surface area (Å²) in [5, 5.41) is 5.60. The van der Waals surface area contributed by atoms with Crippen molar-refractivity contribution in [2.75, 3.05) is 0 Å². The average molecular weight is 139 g/mol. The van der Waals surface area contributed by atoms with Gasteiger partial charge in [0.15, 0.2) is 0 Å². The van der Waals surface area contributed by atoms with Crippen LogP contribution in [0.15, 0.2) is 16.6 Å². The predicted octanol–water partition coefficient (Wildman–Crippen LogP) is 0.356. The van der Waals surface area contributed by atoms with E-state index in [-0.39, 0.29) is 51.4 Å². The summed E-state index contributed by atoms with van der Waals surface area (Å²) in [5.41, 5.74) is 0. The van der Waals surface area contributed by atoms with E-state index in [0.717, 1.165) is 0 Å². The quantitative estimate of drug-likeness (QED) is 0.387. The minimum absolute atomic E-state index is 0. The minimum atomic E-state index is 0. The molecule has 0 saturated carbocycles. The zero-order valence-electron chi connectivity index (χ0n) is 4.09. The van der Waals surface area contributed by atoms with Crippen LogP contribution in [0.5, 0.6) is 0 Å². The van der Waals surface area contributed by atoms with E-state index in [1.807, 2.05) is 11.5 Å². The van der Waals surface area contributed by atoms with Gasteiger partial charge in [0.1, 0.15) is 0 Å². The van der Waals surface area contributed by atoms with E-state index in [0.29, 0.717) is 0 Å². The molecule has 1 aliphatic heterocycles. The number of allylic oxidation sites excluding steroid dienone is 1. The minimum Gasteiger partial charge on any atom is -0.248 e. The molecular weight excluding hydrogens is 135 g/mol. The Kier molecular flexibility index (Phi) is 6.25. The van der Waals surface area contributed by atoms with Gasteiger partial charge in [-0.25, -0.2) is 4.83 Å². The van der Waals surface area contributed by atoms with Gasteiger partial charge in [0.2, 0.25) is 0 Å². The maximum absolute atomic E-state index is 3.68. The normalized spacial score (nSPS) is 14.9. The smallest absolute Gasteiger partial charge is 0.0484 e. The van der Waals surface area contributed by atoms with Gasteiger partial charge >= 0.3 is 0 Å². The number of hydrogen-bond acceptors (Lipinski definition) is 3. The second kappa shape index (κ2) is 5.34. The Bertz CT molecular complexity index is 78.9. The molecule has 0 unspecified atom stereocenters. The van der Waals surface area contributed by atoms with E-state index < -0.39 is 0 Å². The van der Waals surface area contributed by atoms with Crippen LogP contribution in [0.4, 0.5) is 0 Å². The monoisotopic (exact) mass is 139 g/mol. The van der Waals surface area contributed by atoms with Crippen LogP contribution in [-0.2, 0) is 0 Å². The van der Waals surface area contributed by atoms with E-state index >= 15 is 0 Å². The van der Waals surface area contributed by atoms with Crippen LogP contribution >= 0.6 is 11.9 Å². The summed E-state index contributed by atoms with van der Waals surface area (Å²) in [5.74, 6) is 0. The largest absolute Gasteiger partial charge is 0.248 e. The maximum atomic E-state index is 3.68. The Labute approximate surface area is 89.4 Å². The molecule has 1 aliphatic rings. The number of hydrazone groups is 1. The second-order valence-electron chi connectivity index (χ2n) is 0.816. The van der Waals surface area contributed by atoms with Crippen LogP contribution in [0.25, 0.3) is 0 Å². The summed E-state index contributed by atoms with van der Waals surface area (Å²) in [6.07, 6.45) is 3.58. The van der Waals surface area contributed by atoms with Crippen molar-refractivity contribution in [1.82, 2.24) is 4.83 Å². The average Bonchev–Trinajstić information content (AvgIpc) is 1.72. The molecule has 0 saturated heterocycles. The van der Waals surface area contributed by atoms with Crippen molar-refractivity contribution < 1.29 is 0 Å². The maximum Gasteiger partial charge on any atom is 0.0484 e. The first-order chi connectivity index (χ1) is 3.00. The predicted molar refractivity (Wildman–Crippen MR) is 34.1 cm³/mol. The molecule has 0 spiro atoms. The first-order valence-electron chi connectivity index (χ1n) is 1.59. The Hall–Kier alpha value is 1.20. The Morgan fingerprint density at radius 1 is 1.57 bits per heavy atom. The van der Waals surface area contributed by atoms with Gasteiger partial charge in [0, 0.05) is 57.6 Å². The van der Waals surface area contributed by atoms with Crippen molar-refractivity contribution in [1.29, 1.82) is 0 Å². The first-order valence-corrected chi connectivity index (χ1v) is 2.47. The first kappa shape index (κ1) is 8.20. The summed E-state index contributed by atoms with van der Waals surface area (Å²) in [6, 6.07) is 0. The Morgan fingerprint density at radius 3 is 2.57 bits per heavy atom. The van der Waals surface area contributed by atoms with Crippen LogP contribution in [0.1, 0.15) is 0 Å². The van der Waals surface area contributed by atoms with Gasteiger partial charge < -0.3 is 0 Å². The molecule has 4 heteroatoms. The van der Waals surface area contributed by atoms with Gasteiger partial charge in [-0.3, -0.25) is 0 Å². The molecular formula is C3H4KN2S. The molecule has 7 heavy (non-hydrogen) atoms. The van der Waals surface area contributed by atoms with Gasteiger partial charge in [-0.1, -0.05) is 0 Å². The molecule has 0 bridgehead atoms. The fourth-order valence-corrected chi connectivity index (χ4v) is 0.540. The van der Waals surface area contributed by atoms with Crippen molar-refractivity contribution in [2.24, 2.45) is 5.10 Å². The number of hydrogen-bond donors (Lipinski definition) is 1. The molecule has 0 aromatic heterocycles. The van der Waals surface area contributed by atoms with Gasteiger partial charge in [-0.2, -0.15) is 5.10 Å². The zero-order valence-corrected chi connectivity index (χ0v) is 8.03. The third-order valence-corrected chi connectivity index (χ3v) is 0.917. The summed E-state index contributed by atoms with van der Waals surface area (Å²) in [4.78, 5) is 2.68. The summed E-state index contributed by atoms with van der Waals surface area (Å²) in [6.45, 7) is 0. The molecule has 1 heterocycles. The Morgan fingerprint density at radius 2 is 2.43 bits per heavy atom. The molecule has 0 fully saturated rings. The topological polar surface area (TPSA) is 24.4 Å². The number of nitrogens with one attached hydrogen (secondary N) is 1. The van der Waals surface area contributed by atoms with Gasteiger partial charge in [-0.15, -0.1) is 0 Å². The third kappa shape index (κ3) is 3.75. The van der Waals surface area contributed by atoms with E-state index in [9.17, 15) is 0 Å². The molecule has 0 aromatic carbocycles. The van der Waals surface area contributed by atoms with E-state index in [1.54, 1.807) is 6.21 Å². The zero-order chi connectivity index (χ0) is 4.24. The molecule has 0 atom stereocenters. The van der Waals surface area contributed by atoms with Crippen LogP contribution in [0, 0.1) is 0 Å². The van der Waals surface area contributed by atoms with Crippen LogP contribution in [0.2, 0.25) is 0 Å². The molecule has 1 N–H and O–H groups in total. The molecule has 0 aromatic rings. The fourth-order valence-electron chi connectivity index (χ4n) is 0.209. The fraction of sp³-hybridized carbons (Fsp3) is 0. The third-order valence-electron chi connectivity index (χ3n) is 0.413. The van der Waals surface area contributed by atoms with Crippen LogP contribution in [-0.4, -0.2) is 57.6 Å². The van der Waals surface area contributed by atoms with Crippen molar-refractivity contribution in [3.8, 4) is 0 Å². The molecule has 1 radical (unpaired) electrons. The standard InChI is InChI=1S/C3H4N2S.K/c1-2-4-5-6-3-1;/h1-3,5H;. The summed E-state index contributed by atoms with van der Waals surface area (Å²) < 4.78 is 0. The SMILES string of the molecule is C1=CSNN=C1.[K]. The molecule has 0 aliphatic carbocycles. The van der Waals surface area contributed by atoms with Crippen molar-refractivity contribution in [2.45, 2.75) is 0 Å². The number of nitrogens with zero attached hydrogens (tertiary/aromatic N) is 1. The molecule has 2 nitrogen and oxygen atoms in total. The Balaban J connectivity index is 0.000000360. The second-order valence-corrected chi connectivity index (χ2v) is 1.51. The van der Waals surface area contributed by atoms with E-state index in [1.165, 1.54) is 11.9 Å². The molecule has 33 valence electrons.